The number of methoxy groups -OCH3 is 3. The molecule has 2 N–H and O–H groups in total. The highest BCUT2D eigenvalue weighted by Crippen LogP contribution is 2.39. The highest BCUT2D eigenvalue weighted by Gasteiger charge is 2.18. The van der Waals surface area contributed by atoms with Crippen LogP contribution >= 0.6 is 0 Å². The minimum atomic E-state index is -0.337. The Balaban J connectivity index is 1.36. The van der Waals surface area contributed by atoms with Gasteiger partial charge >= 0.3 is 0 Å². The van der Waals surface area contributed by atoms with Gasteiger partial charge in [0.2, 0.25) is 11.7 Å². The molecule has 4 rings (SSSR count). The summed E-state index contributed by atoms with van der Waals surface area (Å²) in [6.45, 7) is 1.88. The summed E-state index contributed by atoms with van der Waals surface area (Å²) in [5, 5.41) is 6.68. The SMILES string of the molecule is COc1cc(C(C)NC(=O)Cc2ccc(NC(=O)c3cc4ccccc4o3)cc2)cc(OC)c1OC. The molecule has 8 nitrogen and oxygen atoms in total. The first-order valence-electron chi connectivity index (χ1n) is 11.4. The van der Waals surface area contributed by atoms with Crippen molar-refractivity contribution >= 4 is 28.5 Å². The van der Waals surface area contributed by atoms with E-state index in [4.69, 9.17) is 18.6 Å². The van der Waals surface area contributed by atoms with Gasteiger partial charge in [-0.05, 0) is 54.4 Å². The zero-order valence-electron chi connectivity index (χ0n) is 20.6. The van der Waals surface area contributed by atoms with Crippen LogP contribution in [-0.4, -0.2) is 33.1 Å². The molecular weight excluding hydrogens is 460 g/mol. The average Bonchev–Trinajstić information content (AvgIpc) is 3.33. The normalized spacial score (nSPS) is 11.6. The fraction of sp³-hybridized carbons (Fsp3) is 0.214. The summed E-state index contributed by atoms with van der Waals surface area (Å²) in [4.78, 5) is 25.2. The predicted molar refractivity (Wildman–Crippen MR) is 137 cm³/mol. The summed E-state index contributed by atoms with van der Waals surface area (Å²) in [5.41, 5.74) is 2.90. The maximum absolute atomic E-state index is 12.7. The molecule has 0 fully saturated rings. The first kappa shape index (κ1) is 24.7. The lowest BCUT2D eigenvalue weighted by Crippen LogP contribution is -2.28. The number of nitrogens with one attached hydrogen (secondary N) is 2. The van der Waals surface area contributed by atoms with Crippen LogP contribution in [0.25, 0.3) is 11.0 Å². The zero-order valence-corrected chi connectivity index (χ0v) is 20.6. The summed E-state index contributed by atoms with van der Waals surface area (Å²) in [6, 6.07) is 19.6. The van der Waals surface area contributed by atoms with Crippen molar-refractivity contribution in [3.63, 3.8) is 0 Å². The Bertz CT molecular complexity index is 1320. The van der Waals surface area contributed by atoms with Crippen molar-refractivity contribution in [3.05, 3.63) is 83.6 Å². The monoisotopic (exact) mass is 488 g/mol. The van der Waals surface area contributed by atoms with Gasteiger partial charge in [0.1, 0.15) is 5.58 Å². The molecule has 0 aliphatic rings. The number of hydrogen-bond donors (Lipinski definition) is 2. The molecule has 8 heteroatoms. The highest BCUT2D eigenvalue weighted by atomic mass is 16.5. The van der Waals surface area contributed by atoms with E-state index in [0.717, 1.165) is 16.5 Å². The number of carbonyl (C=O) groups excluding carboxylic acids is 2. The number of rotatable bonds is 9. The van der Waals surface area contributed by atoms with E-state index in [1.54, 1.807) is 51.7 Å². The van der Waals surface area contributed by atoms with Crippen molar-refractivity contribution < 1.29 is 28.2 Å². The molecular formula is C28H28N2O6. The number of fused-ring (bicyclic) bond motifs is 1. The number of hydrogen-bond acceptors (Lipinski definition) is 6. The van der Waals surface area contributed by atoms with Gasteiger partial charge in [-0.2, -0.15) is 0 Å². The number of benzene rings is 3. The van der Waals surface area contributed by atoms with Gasteiger partial charge in [-0.1, -0.05) is 30.3 Å². The molecule has 0 saturated carbocycles. The minimum Gasteiger partial charge on any atom is -0.493 e. The van der Waals surface area contributed by atoms with Crippen LogP contribution in [0, 0.1) is 0 Å². The third-order valence-electron chi connectivity index (χ3n) is 5.79. The zero-order chi connectivity index (χ0) is 25.7. The molecule has 0 aliphatic heterocycles. The van der Waals surface area contributed by atoms with Gasteiger partial charge in [0.25, 0.3) is 5.91 Å². The second kappa shape index (κ2) is 10.9. The van der Waals surface area contributed by atoms with E-state index in [-0.39, 0.29) is 30.0 Å². The maximum Gasteiger partial charge on any atom is 0.291 e. The first-order chi connectivity index (χ1) is 17.4. The lowest BCUT2D eigenvalue weighted by molar-refractivity contribution is -0.121. The smallest absolute Gasteiger partial charge is 0.291 e. The van der Waals surface area contributed by atoms with Gasteiger partial charge in [0, 0.05) is 11.1 Å². The van der Waals surface area contributed by atoms with Crippen molar-refractivity contribution in [2.75, 3.05) is 26.6 Å². The molecule has 4 aromatic rings. The van der Waals surface area contributed by atoms with Crippen molar-refractivity contribution in [2.24, 2.45) is 0 Å². The Morgan fingerprint density at radius 3 is 2.17 bits per heavy atom. The largest absolute Gasteiger partial charge is 0.493 e. The van der Waals surface area contributed by atoms with Crippen LogP contribution < -0.4 is 24.8 Å². The van der Waals surface area contributed by atoms with E-state index in [1.165, 1.54) is 0 Å². The van der Waals surface area contributed by atoms with Gasteiger partial charge in [-0.25, -0.2) is 0 Å². The summed E-state index contributed by atoms with van der Waals surface area (Å²) in [7, 11) is 4.64. The van der Waals surface area contributed by atoms with E-state index in [2.05, 4.69) is 10.6 Å². The molecule has 0 spiro atoms. The fourth-order valence-corrected chi connectivity index (χ4v) is 3.91. The van der Waals surface area contributed by atoms with Crippen LogP contribution in [0.3, 0.4) is 0 Å². The predicted octanol–water partition coefficient (Wildman–Crippen LogP) is 5.13. The minimum absolute atomic E-state index is 0.143. The quantitative estimate of drug-likeness (QED) is 0.339. The molecule has 0 saturated heterocycles. The second-order valence-corrected chi connectivity index (χ2v) is 8.22. The van der Waals surface area contributed by atoms with Gasteiger partial charge in [-0.15, -0.1) is 0 Å². The molecule has 0 bridgehead atoms. The number of anilines is 1. The van der Waals surface area contributed by atoms with Gasteiger partial charge < -0.3 is 29.3 Å². The number of para-hydroxylation sites is 1. The van der Waals surface area contributed by atoms with Crippen LogP contribution in [0.5, 0.6) is 17.2 Å². The fourth-order valence-electron chi connectivity index (χ4n) is 3.91. The average molecular weight is 489 g/mol. The molecule has 1 aromatic heterocycles. The van der Waals surface area contributed by atoms with Crippen LogP contribution in [-0.2, 0) is 11.2 Å². The van der Waals surface area contributed by atoms with E-state index in [1.807, 2.05) is 43.3 Å². The summed E-state index contributed by atoms with van der Waals surface area (Å²) >= 11 is 0. The number of amides is 2. The van der Waals surface area contributed by atoms with Gasteiger partial charge in [0.15, 0.2) is 17.3 Å². The summed E-state index contributed by atoms with van der Waals surface area (Å²) in [6.07, 6.45) is 0.187. The molecule has 3 aromatic carbocycles. The molecule has 1 unspecified atom stereocenters. The number of ether oxygens (including phenoxy) is 3. The first-order valence-corrected chi connectivity index (χ1v) is 11.4. The lowest BCUT2D eigenvalue weighted by Gasteiger charge is -2.19. The van der Waals surface area contributed by atoms with E-state index in [0.29, 0.717) is 28.5 Å². The summed E-state index contributed by atoms with van der Waals surface area (Å²) in [5.74, 6) is 1.29. The number of carbonyl (C=O) groups is 2. The van der Waals surface area contributed by atoms with E-state index in [9.17, 15) is 9.59 Å². The van der Waals surface area contributed by atoms with Crippen LogP contribution in [0.2, 0.25) is 0 Å². The summed E-state index contributed by atoms with van der Waals surface area (Å²) < 4.78 is 21.8. The van der Waals surface area contributed by atoms with E-state index < -0.39 is 0 Å². The molecule has 1 atom stereocenters. The third kappa shape index (κ3) is 5.43. The Hall–Kier alpha value is -4.46. The van der Waals surface area contributed by atoms with E-state index >= 15 is 0 Å². The lowest BCUT2D eigenvalue weighted by atomic mass is 10.1. The Morgan fingerprint density at radius 2 is 1.56 bits per heavy atom. The molecule has 36 heavy (non-hydrogen) atoms. The Kier molecular flexibility index (Phi) is 7.44. The van der Waals surface area contributed by atoms with Crippen LogP contribution in [0.15, 0.2) is 71.1 Å². The van der Waals surface area contributed by atoms with Crippen molar-refractivity contribution in [3.8, 4) is 17.2 Å². The molecule has 186 valence electrons. The molecule has 1 heterocycles. The van der Waals surface area contributed by atoms with Gasteiger partial charge in [-0.3, -0.25) is 9.59 Å². The number of furan rings is 1. The molecule has 0 aliphatic carbocycles. The second-order valence-electron chi connectivity index (χ2n) is 8.22. The third-order valence-corrected chi connectivity index (χ3v) is 5.79. The van der Waals surface area contributed by atoms with Crippen LogP contribution in [0.1, 0.15) is 34.6 Å². The maximum atomic E-state index is 12.7. The molecule has 2 amide bonds. The Labute approximate surface area is 209 Å². The highest BCUT2D eigenvalue weighted by molar-refractivity contribution is 6.04. The molecule has 0 radical (unpaired) electrons. The van der Waals surface area contributed by atoms with Crippen LogP contribution in [0.4, 0.5) is 5.69 Å². The van der Waals surface area contributed by atoms with Crippen molar-refractivity contribution in [1.82, 2.24) is 5.32 Å². The Morgan fingerprint density at radius 1 is 0.889 bits per heavy atom. The van der Waals surface area contributed by atoms with Gasteiger partial charge in [0.05, 0.1) is 33.8 Å². The standard InChI is InChI=1S/C28H28N2O6/c1-17(20-15-23(33-2)27(35-4)24(16-20)34-3)29-26(31)13-18-9-11-21(12-10-18)30-28(32)25-14-19-7-5-6-8-22(19)36-25/h5-12,14-17H,13H2,1-4H3,(H,29,31)(H,30,32). The van der Waals surface area contributed by atoms with Crippen molar-refractivity contribution in [1.29, 1.82) is 0 Å². The topological polar surface area (TPSA) is 99.0 Å². The van der Waals surface area contributed by atoms with Crippen molar-refractivity contribution in [2.45, 2.75) is 19.4 Å².